The molecule has 192 valence electrons. The van der Waals surface area contributed by atoms with E-state index in [9.17, 15) is 14.4 Å². The average Bonchev–Trinajstić information content (AvgIpc) is 3.26. The molecule has 2 aromatic carbocycles. The van der Waals surface area contributed by atoms with Gasteiger partial charge >= 0.3 is 6.03 Å². The van der Waals surface area contributed by atoms with Crippen molar-refractivity contribution >= 4 is 17.8 Å². The lowest BCUT2D eigenvalue weighted by molar-refractivity contribution is -0.145. The van der Waals surface area contributed by atoms with Gasteiger partial charge in [-0.05, 0) is 18.1 Å². The first-order valence-electron chi connectivity index (χ1n) is 12.7. The van der Waals surface area contributed by atoms with Crippen molar-refractivity contribution in [1.82, 2.24) is 20.0 Å². The molecule has 0 bridgehead atoms. The molecule has 2 aromatic rings. The van der Waals surface area contributed by atoms with Crippen LogP contribution in [0.5, 0.6) is 0 Å². The van der Waals surface area contributed by atoms with Gasteiger partial charge in [-0.15, -0.1) is 6.58 Å². The molecule has 0 saturated carbocycles. The quantitative estimate of drug-likeness (QED) is 0.593. The third-order valence-corrected chi connectivity index (χ3v) is 7.23. The molecule has 8 heteroatoms. The van der Waals surface area contributed by atoms with Crippen LogP contribution < -0.4 is 5.32 Å². The molecule has 37 heavy (non-hydrogen) atoms. The lowest BCUT2D eigenvalue weighted by atomic mass is 9.94. The van der Waals surface area contributed by atoms with Gasteiger partial charge in [0.15, 0.2) is 0 Å². The standard InChI is InChI=1S/C29H32N4O4/c1-3-13-32-24-19-33(28(35)25(24)26(30-29(32)36)22-11-9-20(2)10-12-22)23(18-21-7-5-4-6-8-21)27(34)31-14-16-37-17-15-31/h3-12,23,26H,1,13-19H2,2H3,(H,30,36)/t23-,26+/m1/s1. The van der Waals surface area contributed by atoms with Crippen LogP contribution in [0.4, 0.5) is 4.79 Å². The highest BCUT2D eigenvalue weighted by Crippen LogP contribution is 2.37. The Morgan fingerprint density at radius 2 is 1.81 bits per heavy atom. The zero-order chi connectivity index (χ0) is 25.9. The number of amides is 4. The Kier molecular flexibility index (Phi) is 7.10. The first kappa shape index (κ1) is 24.8. The minimum Gasteiger partial charge on any atom is -0.378 e. The fourth-order valence-electron chi connectivity index (χ4n) is 5.26. The van der Waals surface area contributed by atoms with Crippen molar-refractivity contribution in [3.63, 3.8) is 0 Å². The van der Waals surface area contributed by atoms with E-state index in [2.05, 4.69) is 11.9 Å². The van der Waals surface area contributed by atoms with E-state index in [1.807, 2.05) is 61.5 Å². The predicted octanol–water partition coefficient (Wildman–Crippen LogP) is 2.81. The number of carbonyl (C=O) groups excluding carboxylic acids is 3. The molecule has 5 rings (SSSR count). The van der Waals surface area contributed by atoms with Gasteiger partial charge in [0.25, 0.3) is 5.91 Å². The first-order chi connectivity index (χ1) is 18.0. The van der Waals surface area contributed by atoms with E-state index in [1.54, 1.807) is 20.8 Å². The summed E-state index contributed by atoms with van der Waals surface area (Å²) >= 11 is 0. The molecular weight excluding hydrogens is 468 g/mol. The van der Waals surface area contributed by atoms with Crippen LogP contribution in [0.2, 0.25) is 0 Å². The van der Waals surface area contributed by atoms with Gasteiger partial charge in [0.1, 0.15) is 6.04 Å². The number of carbonyl (C=O) groups is 3. The van der Waals surface area contributed by atoms with Crippen LogP contribution in [-0.4, -0.2) is 78.0 Å². The van der Waals surface area contributed by atoms with E-state index < -0.39 is 12.1 Å². The normalized spacial score (nSPS) is 20.6. The van der Waals surface area contributed by atoms with Crippen molar-refractivity contribution in [2.45, 2.75) is 25.4 Å². The lowest BCUT2D eigenvalue weighted by Gasteiger charge is -2.35. The van der Waals surface area contributed by atoms with E-state index in [4.69, 9.17) is 4.74 Å². The molecule has 3 aliphatic rings. The summed E-state index contributed by atoms with van der Waals surface area (Å²) < 4.78 is 5.45. The number of nitrogens with one attached hydrogen (secondary N) is 1. The third-order valence-electron chi connectivity index (χ3n) is 7.23. The van der Waals surface area contributed by atoms with Gasteiger partial charge in [-0.1, -0.05) is 66.2 Å². The van der Waals surface area contributed by atoms with Gasteiger partial charge in [0.2, 0.25) is 5.91 Å². The molecular formula is C29H32N4O4. The maximum atomic E-state index is 14.1. The molecule has 0 aliphatic carbocycles. The van der Waals surface area contributed by atoms with Crippen LogP contribution in [0, 0.1) is 6.92 Å². The summed E-state index contributed by atoms with van der Waals surface area (Å²) in [6.07, 6.45) is 2.03. The third kappa shape index (κ3) is 4.89. The summed E-state index contributed by atoms with van der Waals surface area (Å²) in [5, 5.41) is 3.01. The molecule has 2 atom stereocenters. The second kappa shape index (κ2) is 10.6. The van der Waals surface area contributed by atoms with E-state index in [0.717, 1.165) is 16.7 Å². The molecule has 8 nitrogen and oxygen atoms in total. The molecule has 0 radical (unpaired) electrons. The highest BCUT2D eigenvalue weighted by molar-refractivity contribution is 6.03. The van der Waals surface area contributed by atoms with Crippen LogP contribution in [0.15, 0.2) is 78.5 Å². The number of ether oxygens (including phenoxy) is 1. The molecule has 1 saturated heterocycles. The Balaban J connectivity index is 1.52. The second-order valence-electron chi connectivity index (χ2n) is 9.63. The predicted molar refractivity (Wildman–Crippen MR) is 139 cm³/mol. The highest BCUT2D eigenvalue weighted by Gasteiger charge is 2.47. The Morgan fingerprint density at radius 3 is 2.49 bits per heavy atom. The minimum absolute atomic E-state index is 0.0956. The Hall–Kier alpha value is -3.91. The summed E-state index contributed by atoms with van der Waals surface area (Å²) in [5.41, 5.74) is 4.04. The number of aryl methyl sites for hydroxylation is 1. The summed E-state index contributed by atoms with van der Waals surface area (Å²) in [5.74, 6) is -0.320. The zero-order valence-corrected chi connectivity index (χ0v) is 21.1. The monoisotopic (exact) mass is 500 g/mol. The molecule has 1 fully saturated rings. The largest absolute Gasteiger partial charge is 0.378 e. The van der Waals surface area contributed by atoms with E-state index >= 15 is 0 Å². The Bertz CT molecular complexity index is 1220. The van der Waals surface area contributed by atoms with E-state index in [-0.39, 0.29) is 30.9 Å². The lowest BCUT2D eigenvalue weighted by Crippen LogP contribution is -2.53. The number of hydrogen-bond donors (Lipinski definition) is 1. The van der Waals surface area contributed by atoms with Crippen molar-refractivity contribution in [2.24, 2.45) is 0 Å². The fourth-order valence-corrected chi connectivity index (χ4v) is 5.26. The SMILES string of the molecule is C=CCN1C(=O)N[C@@H](c2ccc(C)cc2)C2=C1CN([C@H](Cc1ccccc1)C(=O)N1CCOCC1)C2=O. The summed E-state index contributed by atoms with van der Waals surface area (Å²) in [6.45, 7) is 8.19. The zero-order valence-electron chi connectivity index (χ0n) is 21.1. The van der Waals surface area contributed by atoms with E-state index in [0.29, 0.717) is 44.0 Å². The minimum atomic E-state index is -0.696. The van der Waals surface area contributed by atoms with Crippen LogP contribution in [0.25, 0.3) is 0 Å². The van der Waals surface area contributed by atoms with E-state index in [1.165, 1.54) is 0 Å². The molecule has 0 unspecified atom stereocenters. The van der Waals surface area contributed by atoms with Crippen molar-refractivity contribution in [1.29, 1.82) is 0 Å². The van der Waals surface area contributed by atoms with Crippen LogP contribution in [0.1, 0.15) is 22.7 Å². The molecule has 3 aliphatic heterocycles. The van der Waals surface area contributed by atoms with Gasteiger partial charge < -0.3 is 19.9 Å². The van der Waals surface area contributed by atoms with Gasteiger partial charge in [-0.2, -0.15) is 0 Å². The molecule has 0 spiro atoms. The van der Waals surface area contributed by atoms with Gasteiger partial charge in [-0.3, -0.25) is 14.5 Å². The van der Waals surface area contributed by atoms with Crippen LogP contribution in [0.3, 0.4) is 0 Å². The summed E-state index contributed by atoms with van der Waals surface area (Å²) in [6, 6.07) is 16.0. The van der Waals surface area contributed by atoms with Gasteiger partial charge in [0.05, 0.1) is 37.1 Å². The highest BCUT2D eigenvalue weighted by atomic mass is 16.5. The summed E-state index contributed by atoms with van der Waals surface area (Å²) in [7, 11) is 0. The summed E-state index contributed by atoms with van der Waals surface area (Å²) in [4.78, 5) is 46.1. The first-order valence-corrected chi connectivity index (χ1v) is 12.7. The maximum Gasteiger partial charge on any atom is 0.322 e. The van der Waals surface area contributed by atoms with Crippen molar-refractivity contribution in [2.75, 3.05) is 39.4 Å². The number of benzene rings is 2. The average molecular weight is 501 g/mol. The number of urea groups is 1. The number of rotatable bonds is 7. The molecule has 4 amide bonds. The number of nitrogens with zero attached hydrogens (tertiary/aromatic N) is 3. The Labute approximate surface area is 217 Å². The van der Waals surface area contributed by atoms with Gasteiger partial charge in [-0.25, -0.2) is 4.79 Å². The van der Waals surface area contributed by atoms with Crippen LogP contribution >= 0.6 is 0 Å². The molecule has 1 N–H and O–H groups in total. The topological polar surface area (TPSA) is 82.2 Å². The maximum absolute atomic E-state index is 14.1. The van der Waals surface area contributed by atoms with Crippen molar-refractivity contribution in [3.05, 3.63) is 95.2 Å². The number of morpholine rings is 1. The van der Waals surface area contributed by atoms with Crippen molar-refractivity contribution in [3.8, 4) is 0 Å². The smallest absolute Gasteiger partial charge is 0.322 e. The Morgan fingerprint density at radius 1 is 1.11 bits per heavy atom. The fraction of sp³-hybridized carbons (Fsp3) is 0.345. The number of hydrogen-bond acceptors (Lipinski definition) is 4. The van der Waals surface area contributed by atoms with Gasteiger partial charge in [0, 0.05) is 26.1 Å². The second-order valence-corrected chi connectivity index (χ2v) is 9.63. The molecule has 3 heterocycles. The van der Waals surface area contributed by atoms with Crippen molar-refractivity contribution < 1.29 is 19.1 Å². The molecule has 0 aromatic heterocycles. The van der Waals surface area contributed by atoms with Crippen LogP contribution in [-0.2, 0) is 20.7 Å².